The van der Waals surface area contributed by atoms with Gasteiger partial charge in [0, 0.05) is 6.42 Å². The number of hydrogen-bond donors (Lipinski definition) is 2. The molecule has 0 unspecified atom stereocenters. The van der Waals surface area contributed by atoms with Crippen molar-refractivity contribution >= 4 is 29.8 Å². The number of ether oxygens (including phenoxy) is 4. The van der Waals surface area contributed by atoms with Crippen molar-refractivity contribution < 1.29 is 42.9 Å². The van der Waals surface area contributed by atoms with Crippen LogP contribution < -0.4 is 20.9 Å². The van der Waals surface area contributed by atoms with Crippen molar-refractivity contribution in [3.63, 3.8) is 0 Å². The lowest BCUT2D eigenvalue weighted by atomic mass is 10.1. The Hall–Kier alpha value is -3.31. The van der Waals surface area contributed by atoms with Gasteiger partial charge in [-0.1, -0.05) is 33.8 Å². The lowest BCUT2D eigenvalue weighted by Crippen LogP contribution is -2.36. The average Bonchev–Trinajstić information content (AvgIpc) is 2.78. The van der Waals surface area contributed by atoms with Gasteiger partial charge in [0.05, 0.1) is 18.4 Å². The van der Waals surface area contributed by atoms with E-state index in [-0.39, 0.29) is 37.4 Å². The summed E-state index contributed by atoms with van der Waals surface area (Å²) in [4.78, 5) is 59.7. The van der Waals surface area contributed by atoms with Gasteiger partial charge in [-0.3, -0.25) is 19.2 Å². The Morgan fingerprint density at radius 3 is 1.91 bits per heavy atom. The van der Waals surface area contributed by atoms with Gasteiger partial charge >= 0.3 is 29.8 Å². The maximum absolute atomic E-state index is 12.2. The highest BCUT2D eigenvalue weighted by Crippen LogP contribution is 2.30. The zero-order valence-corrected chi connectivity index (χ0v) is 20.7. The Kier molecular flexibility index (Phi) is 12.0. The first-order valence-corrected chi connectivity index (χ1v) is 11.3. The van der Waals surface area contributed by atoms with Crippen molar-refractivity contribution in [2.75, 3.05) is 6.61 Å². The van der Waals surface area contributed by atoms with Crippen molar-refractivity contribution in [2.24, 2.45) is 23.3 Å². The number of rotatable bonds is 12. The number of hydrogen-bond acceptors (Lipinski definition) is 11. The minimum absolute atomic E-state index is 0.000188. The summed E-state index contributed by atoms with van der Waals surface area (Å²) in [5, 5.41) is 0. The van der Waals surface area contributed by atoms with Gasteiger partial charge in [0.25, 0.3) is 0 Å². The fourth-order valence-corrected chi connectivity index (χ4v) is 2.51. The summed E-state index contributed by atoms with van der Waals surface area (Å²) >= 11 is 0. The minimum Gasteiger partial charge on any atom is -0.465 e. The molecule has 0 aliphatic rings. The Morgan fingerprint density at radius 2 is 1.37 bits per heavy atom. The zero-order chi connectivity index (χ0) is 26.7. The minimum atomic E-state index is -1.21. The topological polar surface area (TPSA) is 174 Å². The van der Waals surface area contributed by atoms with Crippen molar-refractivity contribution in [1.82, 2.24) is 0 Å². The molecule has 0 aliphatic heterocycles. The molecule has 35 heavy (non-hydrogen) atoms. The lowest BCUT2D eigenvalue weighted by molar-refractivity contribution is -0.160. The molecule has 11 heteroatoms. The number of esters is 5. The van der Waals surface area contributed by atoms with E-state index in [1.165, 1.54) is 12.1 Å². The number of benzene rings is 1. The van der Waals surface area contributed by atoms with Crippen LogP contribution in [0.1, 0.15) is 53.0 Å². The largest absolute Gasteiger partial charge is 0.465 e. The van der Waals surface area contributed by atoms with Crippen LogP contribution in [0.4, 0.5) is 0 Å². The predicted octanol–water partition coefficient (Wildman–Crippen LogP) is 1.42. The highest BCUT2D eigenvalue weighted by atomic mass is 16.6. The predicted molar refractivity (Wildman–Crippen MR) is 124 cm³/mol. The van der Waals surface area contributed by atoms with Crippen LogP contribution in [-0.2, 0) is 39.9 Å². The van der Waals surface area contributed by atoms with Crippen molar-refractivity contribution in [3.05, 3.63) is 23.8 Å². The van der Waals surface area contributed by atoms with E-state index in [1.807, 2.05) is 0 Å². The van der Waals surface area contributed by atoms with Gasteiger partial charge < -0.3 is 30.4 Å². The van der Waals surface area contributed by atoms with Gasteiger partial charge in [-0.25, -0.2) is 4.79 Å². The molecule has 0 amide bonds. The van der Waals surface area contributed by atoms with Gasteiger partial charge in [-0.05, 0) is 37.5 Å². The molecule has 4 N–H and O–H groups in total. The SMILES string of the molecule is CCOC(=O)[C@@H](N)CCC(=O)OC(=O)[C@@H](N)Cc1ccc(OC(=O)C(C)C)c(OC(=O)C(C)C)c1. The molecule has 0 aliphatic carbocycles. The number of carbonyl (C=O) groups is 5. The molecule has 1 rings (SSSR count). The summed E-state index contributed by atoms with van der Waals surface area (Å²) in [6.45, 7) is 8.40. The molecule has 0 radical (unpaired) electrons. The van der Waals surface area contributed by atoms with E-state index in [1.54, 1.807) is 40.7 Å². The van der Waals surface area contributed by atoms with Crippen LogP contribution in [0.2, 0.25) is 0 Å². The molecule has 0 spiro atoms. The maximum Gasteiger partial charge on any atom is 0.330 e. The van der Waals surface area contributed by atoms with Crippen LogP contribution in [0.3, 0.4) is 0 Å². The van der Waals surface area contributed by atoms with Gasteiger partial charge in [0.2, 0.25) is 0 Å². The molecule has 0 fully saturated rings. The third-order valence-electron chi connectivity index (χ3n) is 4.59. The molecular weight excluding hydrogens is 460 g/mol. The Morgan fingerprint density at radius 1 is 0.800 bits per heavy atom. The Bertz CT molecular complexity index is 928. The van der Waals surface area contributed by atoms with Gasteiger partial charge in [0.1, 0.15) is 12.1 Å². The van der Waals surface area contributed by atoms with Crippen LogP contribution in [-0.4, -0.2) is 48.5 Å². The number of carbonyl (C=O) groups excluding carboxylic acids is 5. The molecule has 194 valence electrons. The second-order valence-corrected chi connectivity index (χ2v) is 8.43. The summed E-state index contributed by atoms with van der Waals surface area (Å²) in [5.74, 6) is -4.36. The first kappa shape index (κ1) is 29.7. The Labute approximate surface area is 204 Å². The van der Waals surface area contributed by atoms with E-state index < -0.39 is 53.8 Å². The monoisotopic (exact) mass is 494 g/mol. The van der Waals surface area contributed by atoms with Crippen molar-refractivity contribution in [2.45, 2.75) is 66.0 Å². The molecule has 0 heterocycles. The fraction of sp³-hybridized carbons (Fsp3) is 0.542. The molecule has 0 bridgehead atoms. The molecule has 0 saturated carbocycles. The fourth-order valence-electron chi connectivity index (χ4n) is 2.51. The summed E-state index contributed by atoms with van der Waals surface area (Å²) in [7, 11) is 0. The summed E-state index contributed by atoms with van der Waals surface area (Å²) in [6, 6.07) is 2.18. The second-order valence-electron chi connectivity index (χ2n) is 8.43. The average molecular weight is 495 g/mol. The van der Waals surface area contributed by atoms with Crippen molar-refractivity contribution in [1.29, 1.82) is 0 Å². The first-order chi connectivity index (χ1) is 16.3. The Balaban J connectivity index is 2.83. The summed E-state index contributed by atoms with van der Waals surface area (Å²) in [5.41, 5.74) is 12.0. The second kappa shape index (κ2) is 14.2. The third-order valence-corrected chi connectivity index (χ3v) is 4.59. The van der Waals surface area contributed by atoms with E-state index in [4.69, 9.17) is 30.4 Å². The molecule has 1 aromatic carbocycles. The van der Waals surface area contributed by atoms with Crippen LogP contribution in [0.15, 0.2) is 18.2 Å². The molecular formula is C24H34N2O9. The normalized spacial score (nSPS) is 12.6. The summed E-state index contributed by atoms with van der Waals surface area (Å²) in [6.07, 6.45) is -0.385. The molecule has 11 nitrogen and oxygen atoms in total. The molecule has 0 aromatic heterocycles. The summed E-state index contributed by atoms with van der Waals surface area (Å²) < 4.78 is 20.1. The highest BCUT2D eigenvalue weighted by molar-refractivity contribution is 5.89. The van der Waals surface area contributed by atoms with E-state index in [9.17, 15) is 24.0 Å². The standard InChI is InChI=1S/C24H34N2O9/c1-6-32-23(30)16(25)8-10-20(27)35-24(31)17(26)11-15-7-9-18(33-21(28)13(2)3)19(12-15)34-22(29)14(4)5/h7,9,12-14,16-17H,6,8,10-11,25-26H2,1-5H3/t16-,17-/m0/s1. The molecule has 0 saturated heterocycles. The van der Waals surface area contributed by atoms with E-state index in [2.05, 4.69) is 0 Å². The van der Waals surface area contributed by atoms with Crippen LogP contribution >= 0.6 is 0 Å². The smallest absolute Gasteiger partial charge is 0.330 e. The quantitative estimate of drug-likeness (QED) is 0.244. The van der Waals surface area contributed by atoms with Crippen LogP contribution in [0.25, 0.3) is 0 Å². The zero-order valence-electron chi connectivity index (χ0n) is 20.7. The highest BCUT2D eigenvalue weighted by Gasteiger charge is 2.23. The number of nitrogens with two attached hydrogens (primary N) is 2. The van der Waals surface area contributed by atoms with E-state index >= 15 is 0 Å². The van der Waals surface area contributed by atoms with Crippen LogP contribution in [0, 0.1) is 11.8 Å². The van der Waals surface area contributed by atoms with E-state index in [0.29, 0.717) is 5.56 Å². The van der Waals surface area contributed by atoms with E-state index in [0.717, 1.165) is 0 Å². The molecule has 1 aromatic rings. The first-order valence-electron chi connectivity index (χ1n) is 11.3. The third kappa shape index (κ3) is 10.2. The maximum atomic E-state index is 12.2. The van der Waals surface area contributed by atoms with Gasteiger partial charge in [-0.2, -0.15) is 0 Å². The van der Waals surface area contributed by atoms with Gasteiger partial charge in [-0.15, -0.1) is 0 Å². The van der Waals surface area contributed by atoms with Gasteiger partial charge in [0.15, 0.2) is 11.5 Å². The van der Waals surface area contributed by atoms with Crippen LogP contribution in [0.5, 0.6) is 11.5 Å². The lowest BCUT2D eigenvalue weighted by Gasteiger charge is -2.15. The molecule has 2 atom stereocenters. The van der Waals surface area contributed by atoms with Crippen molar-refractivity contribution in [3.8, 4) is 11.5 Å².